The Hall–Kier alpha value is -0.140. The molecule has 0 aromatic rings. The summed E-state index contributed by atoms with van der Waals surface area (Å²) in [5.74, 6) is 0.825. The Morgan fingerprint density at radius 2 is 1.78 bits per heavy atom. The van der Waals surface area contributed by atoms with E-state index in [1.165, 1.54) is 0 Å². The Kier molecular flexibility index (Phi) is 9.08. The molecule has 3 heterocycles. The highest BCUT2D eigenvalue weighted by molar-refractivity contribution is 5.85. The fourth-order valence-corrected chi connectivity index (χ4v) is 3.55. The summed E-state index contributed by atoms with van der Waals surface area (Å²) in [6.45, 7) is 6.65. The third-order valence-corrected chi connectivity index (χ3v) is 4.92. The van der Waals surface area contributed by atoms with E-state index in [1.807, 2.05) is 4.90 Å². The molecule has 0 aromatic heterocycles. The van der Waals surface area contributed by atoms with Gasteiger partial charge in [-0.15, -0.1) is 24.8 Å². The van der Waals surface area contributed by atoms with Gasteiger partial charge in [-0.05, 0) is 18.8 Å². The van der Waals surface area contributed by atoms with Crippen LogP contribution in [-0.2, 0) is 9.53 Å². The summed E-state index contributed by atoms with van der Waals surface area (Å²) in [5.41, 5.74) is 0. The SMILES string of the molecule is Cl.Cl.O=C([C@H]1C[C@H](F)CN1)N1CCN(CC2CCOCC2)CC1. The molecule has 1 N–H and O–H groups in total. The molecule has 1 amide bonds. The van der Waals surface area contributed by atoms with E-state index in [9.17, 15) is 9.18 Å². The molecule has 0 unspecified atom stereocenters. The van der Waals surface area contributed by atoms with Crippen molar-refractivity contribution in [2.45, 2.75) is 31.5 Å². The number of rotatable bonds is 3. The molecule has 136 valence electrons. The molecule has 2 atom stereocenters. The van der Waals surface area contributed by atoms with Crippen molar-refractivity contribution in [1.29, 1.82) is 0 Å². The number of carbonyl (C=O) groups is 1. The maximum Gasteiger partial charge on any atom is 0.239 e. The number of alkyl halides is 1. The van der Waals surface area contributed by atoms with Gasteiger partial charge in [-0.3, -0.25) is 9.69 Å². The normalized spacial score (nSPS) is 29.7. The van der Waals surface area contributed by atoms with Gasteiger partial charge in [0.05, 0.1) is 6.04 Å². The van der Waals surface area contributed by atoms with E-state index in [4.69, 9.17) is 4.74 Å². The maximum absolute atomic E-state index is 13.2. The van der Waals surface area contributed by atoms with Gasteiger partial charge in [0.25, 0.3) is 0 Å². The van der Waals surface area contributed by atoms with Crippen LogP contribution in [0.1, 0.15) is 19.3 Å². The molecule has 3 aliphatic heterocycles. The Balaban J connectivity index is 0.00000132. The molecule has 3 fully saturated rings. The Labute approximate surface area is 150 Å². The van der Waals surface area contributed by atoms with Crippen LogP contribution in [0, 0.1) is 5.92 Å². The number of halogens is 3. The second-order valence-electron chi connectivity index (χ2n) is 6.48. The number of carbonyl (C=O) groups excluding carboxylic acids is 1. The van der Waals surface area contributed by atoms with Crippen LogP contribution in [0.15, 0.2) is 0 Å². The fraction of sp³-hybridized carbons (Fsp3) is 0.933. The molecule has 5 nitrogen and oxygen atoms in total. The zero-order chi connectivity index (χ0) is 14.7. The summed E-state index contributed by atoms with van der Waals surface area (Å²) >= 11 is 0. The molecular weight excluding hydrogens is 344 g/mol. The van der Waals surface area contributed by atoms with E-state index >= 15 is 0 Å². The zero-order valence-electron chi connectivity index (χ0n) is 13.4. The minimum absolute atomic E-state index is 0. The quantitative estimate of drug-likeness (QED) is 0.806. The zero-order valence-corrected chi connectivity index (χ0v) is 15.0. The van der Waals surface area contributed by atoms with Crippen molar-refractivity contribution in [2.24, 2.45) is 5.92 Å². The molecule has 0 spiro atoms. The number of hydrogen-bond acceptors (Lipinski definition) is 4. The van der Waals surface area contributed by atoms with Gasteiger partial charge in [0, 0.05) is 58.9 Å². The van der Waals surface area contributed by atoms with Gasteiger partial charge >= 0.3 is 0 Å². The summed E-state index contributed by atoms with van der Waals surface area (Å²) in [4.78, 5) is 16.7. The van der Waals surface area contributed by atoms with E-state index in [0.717, 1.165) is 64.7 Å². The topological polar surface area (TPSA) is 44.8 Å². The molecule has 0 bridgehead atoms. The first kappa shape index (κ1) is 20.9. The van der Waals surface area contributed by atoms with Crippen LogP contribution < -0.4 is 5.32 Å². The predicted octanol–water partition coefficient (Wildman–Crippen LogP) is 1.10. The summed E-state index contributed by atoms with van der Waals surface area (Å²) in [6.07, 6.45) is 1.78. The van der Waals surface area contributed by atoms with E-state index in [-0.39, 0.29) is 36.8 Å². The second-order valence-corrected chi connectivity index (χ2v) is 6.48. The van der Waals surface area contributed by atoms with Gasteiger partial charge in [0.2, 0.25) is 5.91 Å². The molecule has 0 saturated carbocycles. The van der Waals surface area contributed by atoms with Crippen LogP contribution in [0.5, 0.6) is 0 Å². The van der Waals surface area contributed by atoms with Gasteiger partial charge in [0.1, 0.15) is 6.17 Å². The van der Waals surface area contributed by atoms with Gasteiger partial charge in [-0.25, -0.2) is 4.39 Å². The van der Waals surface area contributed by atoms with Crippen molar-refractivity contribution in [3.8, 4) is 0 Å². The Morgan fingerprint density at radius 1 is 1.13 bits per heavy atom. The van der Waals surface area contributed by atoms with Gasteiger partial charge in [0.15, 0.2) is 0 Å². The van der Waals surface area contributed by atoms with Crippen molar-refractivity contribution in [2.75, 3.05) is 52.5 Å². The van der Waals surface area contributed by atoms with Crippen LogP contribution in [0.3, 0.4) is 0 Å². The standard InChI is InChI=1S/C15H26FN3O2.2ClH/c16-13-9-14(17-10-13)15(20)19-5-3-18(4-6-19)11-12-1-7-21-8-2-12;;/h12-14,17H,1-11H2;2*1H/t13-,14+;;/m0../s1. The Bertz CT molecular complexity index is 365. The highest BCUT2D eigenvalue weighted by atomic mass is 35.5. The van der Waals surface area contributed by atoms with Crippen molar-refractivity contribution in [3.05, 3.63) is 0 Å². The van der Waals surface area contributed by atoms with E-state index in [2.05, 4.69) is 10.2 Å². The molecule has 3 saturated heterocycles. The van der Waals surface area contributed by atoms with Crippen LogP contribution >= 0.6 is 24.8 Å². The molecule has 0 radical (unpaired) electrons. The van der Waals surface area contributed by atoms with Crippen molar-refractivity contribution >= 4 is 30.7 Å². The minimum Gasteiger partial charge on any atom is -0.381 e. The van der Waals surface area contributed by atoms with Crippen LogP contribution in [0.4, 0.5) is 4.39 Å². The first-order valence-electron chi connectivity index (χ1n) is 8.18. The number of ether oxygens (including phenoxy) is 1. The average molecular weight is 372 g/mol. The smallest absolute Gasteiger partial charge is 0.239 e. The van der Waals surface area contributed by atoms with E-state index in [1.54, 1.807) is 0 Å². The molecule has 3 rings (SSSR count). The van der Waals surface area contributed by atoms with Gasteiger partial charge in [-0.1, -0.05) is 0 Å². The van der Waals surface area contributed by atoms with E-state index in [0.29, 0.717) is 13.0 Å². The number of amides is 1. The third-order valence-electron chi connectivity index (χ3n) is 4.92. The van der Waals surface area contributed by atoms with Crippen LogP contribution in [0.2, 0.25) is 0 Å². The molecule has 23 heavy (non-hydrogen) atoms. The number of piperazine rings is 1. The summed E-state index contributed by atoms with van der Waals surface area (Å²) in [6, 6.07) is -0.304. The Morgan fingerprint density at radius 3 is 2.35 bits per heavy atom. The lowest BCUT2D eigenvalue weighted by Gasteiger charge is -2.38. The lowest BCUT2D eigenvalue weighted by atomic mass is 9.99. The van der Waals surface area contributed by atoms with E-state index < -0.39 is 6.17 Å². The molecule has 3 aliphatic rings. The number of nitrogens with one attached hydrogen (secondary N) is 1. The molecule has 0 aromatic carbocycles. The number of hydrogen-bond donors (Lipinski definition) is 1. The van der Waals surface area contributed by atoms with Gasteiger partial charge < -0.3 is 15.0 Å². The lowest BCUT2D eigenvalue weighted by molar-refractivity contribution is -0.135. The monoisotopic (exact) mass is 371 g/mol. The summed E-state index contributed by atoms with van der Waals surface area (Å²) in [5, 5.41) is 2.99. The van der Waals surface area contributed by atoms with Gasteiger partial charge in [-0.2, -0.15) is 0 Å². The first-order valence-corrected chi connectivity index (χ1v) is 8.18. The minimum atomic E-state index is -0.867. The fourth-order valence-electron chi connectivity index (χ4n) is 3.55. The molecule has 8 heteroatoms. The van der Waals surface area contributed by atoms with Crippen molar-refractivity contribution in [3.63, 3.8) is 0 Å². The second kappa shape index (κ2) is 9.99. The largest absolute Gasteiger partial charge is 0.381 e. The van der Waals surface area contributed by atoms with Crippen LogP contribution in [0.25, 0.3) is 0 Å². The maximum atomic E-state index is 13.2. The number of nitrogens with zero attached hydrogens (tertiary/aromatic N) is 2. The molecular formula is C15H28Cl2FN3O2. The molecule has 0 aliphatic carbocycles. The highest BCUT2D eigenvalue weighted by Crippen LogP contribution is 2.18. The average Bonchev–Trinajstić information content (AvgIpc) is 2.95. The summed E-state index contributed by atoms with van der Waals surface area (Å²) in [7, 11) is 0. The highest BCUT2D eigenvalue weighted by Gasteiger charge is 2.33. The summed E-state index contributed by atoms with van der Waals surface area (Å²) < 4.78 is 18.6. The van der Waals surface area contributed by atoms with Crippen LogP contribution in [-0.4, -0.2) is 80.4 Å². The lowest BCUT2D eigenvalue weighted by Crippen LogP contribution is -2.53. The predicted molar refractivity (Wildman–Crippen MR) is 92.4 cm³/mol. The van der Waals surface area contributed by atoms with Crippen molar-refractivity contribution < 1.29 is 13.9 Å². The first-order chi connectivity index (χ1) is 10.2. The van der Waals surface area contributed by atoms with Crippen molar-refractivity contribution in [1.82, 2.24) is 15.1 Å². The third kappa shape index (κ3) is 5.71.